The molecular weight excluding hydrogens is 320 g/mol. The number of aromatic amines is 2. The molecule has 2 aromatic heterocycles. The molecule has 0 radical (unpaired) electrons. The largest absolute Gasteiger partial charge is 0.361 e. The average Bonchev–Trinajstić information content (AvgIpc) is 3.29. The minimum absolute atomic E-state index is 1.03. The van der Waals surface area contributed by atoms with Crippen molar-refractivity contribution in [2.75, 3.05) is 27.2 Å². The third kappa shape index (κ3) is 4.34. The van der Waals surface area contributed by atoms with E-state index in [2.05, 4.69) is 81.5 Å². The lowest BCUT2D eigenvalue weighted by atomic mass is 10.1. The summed E-state index contributed by atoms with van der Waals surface area (Å²) in [5.41, 5.74) is 5.25. The van der Waals surface area contributed by atoms with E-state index in [9.17, 15) is 0 Å². The molecule has 2 aromatic carbocycles. The monoisotopic (exact) mass is 348 g/mol. The molecule has 0 amide bonds. The zero-order chi connectivity index (χ0) is 18.2. The van der Waals surface area contributed by atoms with Crippen LogP contribution in [-0.4, -0.2) is 37.2 Å². The van der Waals surface area contributed by atoms with Gasteiger partial charge in [0.25, 0.3) is 0 Å². The lowest BCUT2D eigenvalue weighted by Gasteiger charge is -1.97. The van der Waals surface area contributed by atoms with Gasteiger partial charge in [0.05, 0.1) is 0 Å². The minimum atomic E-state index is 1.03. The van der Waals surface area contributed by atoms with Crippen LogP contribution >= 0.6 is 0 Å². The van der Waals surface area contributed by atoms with Crippen LogP contribution in [0, 0.1) is 0 Å². The van der Waals surface area contributed by atoms with Gasteiger partial charge in [0.1, 0.15) is 0 Å². The summed E-state index contributed by atoms with van der Waals surface area (Å²) in [5.74, 6) is 0. The number of fused-ring (bicyclic) bond motifs is 2. The number of aromatic nitrogens is 2. The molecule has 0 atom stereocenters. The third-order valence-corrected chi connectivity index (χ3v) is 4.64. The van der Waals surface area contributed by atoms with E-state index in [4.69, 9.17) is 0 Å². The molecule has 4 N–H and O–H groups in total. The molecule has 0 fully saturated rings. The van der Waals surface area contributed by atoms with Gasteiger partial charge in [-0.2, -0.15) is 0 Å². The molecule has 0 saturated carbocycles. The number of rotatable bonds is 6. The second-order valence-electron chi connectivity index (χ2n) is 6.43. The summed E-state index contributed by atoms with van der Waals surface area (Å²) in [5, 5.41) is 9.00. The number of hydrogen-bond acceptors (Lipinski definition) is 2. The summed E-state index contributed by atoms with van der Waals surface area (Å²) in [7, 11) is 3.96. The summed E-state index contributed by atoms with van der Waals surface area (Å²) < 4.78 is 0. The van der Waals surface area contributed by atoms with Gasteiger partial charge in [0, 0.05) is 34.2 Å². The first kappa shape index (κ1) is 18.2. The maximum atomic E-state index is 3.27. The standard InChI is InChI=1S/2C11H14N2/c2*1-12-7-6-9-8-13-11-5-3-2-4-10(9)11/h2*2-5,8,12-13H,6-7H2,1H3. The second-order valence-corrected chi connectivity index (χ2v) is 6.43. The topological polar surface area (TPSA) is 55.6 Å². The maximum Gasteiger partial charge on any atom is 0.0456 e. The Morgan fingerprint density at radius 1 is 0.654 bits per heavy atom. The van der Waals surface area contributed by atoms with E-state index in [0.29, 0.717) is 0 Å². The third-order valence-electron chi connectivity index (χ3n) is 4.64. The van der Waals surface area contributed by atoms with Crippen LogP contribution in [0.15, 0.2) is 60.9 Å². The van der Waals surface area contributed by atoms with E-state index in [-0.39, 0.29) is 0 Å². The lowest BCUT2D eigenvalue weighted by Crippen LogP contribution is -2.09. The average molecular weight is 348 g/mol. The molecule has 136 valence electrons. The predicted molar refractivity (Wildman–Crippen MR) is 112 cm³/mol. The lowest BCUT2D eigenvalue weighted by molar-refractivity contribution is 0.795. The number of nitrogens with one attached hydrogen (secondary N) is 4. The summed E-state index contributed by atoms with van der Waals surface area (Å²) in [4.78, 5) is 6.54. The molecule has 0 bridgehead atoms. The molecule has 4 rings (SSSR count). The van der Waals surface area contributed by atoms with Crippen molar-refractivity contribution in [3.63, 3.8) is 0 Å². The molecule has 0 aliphatic rings. The van der Waals surface area contributed by atoms with Crippen molar-refractivity contribution in [1.29, 1.82) is 0 Å². The van der Waals surface area contributed by atoms with Crippen molar-refractivity contribution in [2.24, 2.45) is 0 Å². The van der Waals surface area contributed by atoms with Crippen molar-refractivity contribution in [3.8, 4) is 0 Å². The number of benzene rings is 2. The van der Waals surface area contributed by atoms with E-state index < -0.39 is 0 Å². The quantitative estimate of drug-likeness (QED) is 0.428. The van der Waals surface area contributed by atoms with Gasteiger partial charge in [0.15, 0.2) is 0 Å². The number of para-hydroxylation sites is 2. The van der Waals surface area contributed by atoms with Gasteiger partial charge in [-0.3, -0.25) is 0 Å². The number of likely N-dealkylation sites (N-methyl/N-ethyl adjacent to an activating group) is 2. The Morgan fingerprint density at radius 3 is 1.50 bits per heavy atom. The molecule has 0 aliphatic carbocycles. The molecule has 0 saturated heterocycles. The van der Waals surface area contributed by atoms with Crippen LogP contribution in [0.3, 0.4) is 0 Å². The van der Waals surface area contributed by atoms with Crippen LogP contribution in [0.1, 0.15) is 11.1 Å². The number of hydrogen-bond donors (Lipinski definition) is 4. The molecule has 26 heavy (non-hydrogen) atoms. The molecule has 0 unspecified atom stereocenters. The van der Waals surface area contributed by atoms with Gasteiger partial charge in [-0.15, -0.1) is 0 Å². The van der Waals surface area contributed by atoms with E-state index >= 15 is 0 Å². The zero-order valence-electron chi connectivity index (χ0n) is 15.6. The molecule has 0 spiro atoms. The van der Waals surface area contributed by atoms with Crippen LogP contribution in [0.2, 0.25) is 0 Å². The van der Waals surface area contributed by atoms with Crippen molar-refractivity contribution in [1.82, 2.24) is 20.6 Å². The van der Waals surface area contributed by atoms with Gasteiger partial charge in [-0.1, -0.05) is 36.4 Å². The molecule has 0 aliphatic heterocycles. The molecule has 2 heterocycles. The van der Waals surface area contributed by atoms with Crippen LogP contribution in [0.25, 0.3) is 21.8 Å². The molecule has 4 heteroatoms. The van der Waals surface area contributed by atoms with Gasteiger partial charge in [-0.25, -0.2) is 0 Å². The van der Waals surface area contributed by atoms with Crippen molar-refractivity contribution >= 4 is 21.8 Å². The summed E-state index contributed by atoms with van der Waals surface area (Å²) in [6.45, 7) is 2.06. The molecule has 4 nitrogen and oxygen atoms in total. The second kappa shape index (κ2) is 9.22. The summed E-state index contributed by atoms with van der Waals surface area (Å²) in [6.07, 6.45) is 6.37. The fraction of sp³-hybridized carbons (Fsp3) is 0.273. The smallest absolute Gasteiger partial charge is 0.0456 e. The summed E-state index contributed by atoms with van der Waals surface area (Å²) >= 11 is 0. The Labute approximate surface area is 155 Å². The van der Waals surface area contributed by atoms with Crippen LogP contribution in [-0.2, 0) is 12.8 Å². The highest BCUT2D eigenvalue weighted by Gasteiger charge is 2.01. The number of H-pyrrole nitrogens is 2. The van der Waals surface area contributed by atoms with Crippen LogP contribution in [0.4, 0.5) is 0 Å². The van der Waals surface area contributed by atoms with Crippen LogP contribution < -0.4 is 10.6 Å². The first-order chi connectivity index (χ1) is 12.8. The summed E-state index contributed by atoms with van der Waals surface area (Å²) in [6, 6.07) is 16.8. The fourth-order valence-electron chi connectivity index (χ4n) is 3.20. The van der Waals surface area contributed by atoms with Gasteiger partial charge < -0.3 is 20.6 Å². The highest BCUT2D eigenvalue weighted by molar-refractivity contribution is 5.83. The Morgan fingerprint density at radius 2 is 1.08 bits per heavy atom. The Kier molecular flexibility index (Phi) is 6.47. The normalized spacial score (nSPS) is 10.8. The first-order valence-electron chi connectivity index (χ1n) is 9.22. The van der Waals surface area contributed by atoms with E-state index in [1.807, 2.05) is 14.1 Å². The highest BCUT2D eigenvalue weighted by Crippen LogP contribution is 2.18. The Bertz CT molecular complexity index is 857. The SMILES string of the molecule is CNCCc1c[nH]c2ccccc12.CNCCc1c[nH]c2ccccc12. The fourth-order valence-corrected chi connectivity index (χ4v) is 3.20. The van der Waals surface area contributed by atoms with Gasteiger partial charge >= 0.3 is 0 Å². The van der Waals surface area contributed by atoms with Crippen molar-refractivity contribution in [3.05, 3.63) is 72.1 Å². The van der Waals surface area contributed by atoms with Crippen LogP contribution in [0.5, 0.6) is 0 Å². The van der Waals surface area contributed by atoms with E-state index in [1.165, 1.54) is 32.9 Å². The van der Waals surface area contributed by atoms with E-state index in [0.717, 1.165) is 25.9 Å². The van der Waals surface area contributed by atoms with Crippen molar-refractivity contribution < 1.29 is 0 Å². The zero-order valence-corrected chi connectivity index (χ0v) is 15.6. The van der Waals surface area contributed by atoms with Gasteiger partial charge in [0.2, 0.25) is 0 Å². The molecular formula is C22H28N4. The maximum absolute atomic E-state index is 3.27. The predicted octanol–water partition coefficient (Wildman–Crippen LogP) is 3.86. The first-order valence-corrected chi connectivity index (χ1v) is 9.22. The Balaban J connectivity index is 0.000000151. The van der Waals surface area contributed by atoms with E-state index in [1.54, 1.807) is 0 Å². The highest BCUT2D eigenvalue weighted by atomic mass is 14.8. The minimum Gasteiger partial charge on any atom is -0.361 e. The van der Waals surface area contributed by atoms with Crippen molar-refractivity contribution in [2.45, 2.75) is 12.8 Å². The van der Waals surface area contributed by atoms with Gasteiger partial charge in [-0.05, 0) is 63.3 Å². The Hall–Kier alpha value is -2.56. The molecule has 4 aromatic rings.